The van der Waals surface area contributed by atoms with E-state index in [-0.39, 0.29) is 16.3 Å². The fourth-order valence-corrected chi connectivity index (χ4v) is 3.97. The third-order valence-electron chi connectivity index (χ3n) is 5.07. The van der Waals surface area contributed by atoms with Gasteiger partial charge in [0, 0.05) is 11.6 Å². The van der Waals surface area contributed by atoms with Crippen LogP contribution >= 0.6 is 34.8 Å². The summed E-state index contributed by atoms with van der Waals surface area (Å²) >= 11 is 17.3. The fraction of sp³-hybridized carbons (Fsp3) is 0.136. The van der Waals surface area contributed by atoms with E-state index in [2.05, 4.69) is 15.5 Å². The number of rotatable bonds is 4. The molecule has 1 atom stereocenters. The summed E-state index contributed by atoms with van der Waals surface area (Å²) in [6.07, 6.45) is -5.39. The van der Waals surface area contributed by atoms with Gasteiger partial charge in [0.2, 0.25) is 5.90 Å². The highest BCUT2D eigenvalue weighted by molar-refractivity contribution is 6.35. The Hall–Kier alpha value is -3.22. The van der Waals surface area contributed by atoms with Crippen LogP contribution in [-0.2, 0) is 10.4 Å². The zero-order valence-electron chi connectivity index (χ0n) is 17.8. The maximum absolute atomic E-state index is 14.1. The molecule has 0 bridgehead atoms. The lowest BCUT2D eigenvalue weighted by Crippen LogP contribution is -2.43. The van der Waals surface area contributed by atoms with Gasteiger partial charge in [-0.1, -0.05) is 40.0 Å². The van der Waals surface area contributed by atoms with Crippen LogP contribution in [0.2, 0.25) is 15.1 Å². The van der Waals surface area contributed by atoms with E-state index < -0.39 is 68.9 Å². The van der Waals surface area contributed by atoms with Gasteiger partial charge in [-0.25, -0.2) is 18.2 Å². The van der Waals surface area contributed by atoms with Gasteiger partial charge in [-0.15, -0.1) is 0 Å². The number of alkyl halides is 3. The molecule has 0 aliphatic carbocycles. The van der Waals surface area contributed by atoms with Crippen molar-refractivity contribution < 1.29 is 40.7 Å². The number of aromatic nitrogens is 1. The van der Waals surface area contributed by atoms with Crippen molar-refractivity contribution in [3.05, 3.63) is 86.2 Å². The molecule has 194 valence electrons. The van der Waals surface area contributed by atoms with Gasteiger partial charge in [-0.05, 0) is 30.3 Å². The molecular weight excluding hydrogens is 575 g/mol. The van der Waals surface area contributed by atoms with Crippen LogP contribution in [0.25, 0.3) is 0 Å². The van der Waals surface area contributed by atoms with Crippen molar-refractivity contribution in [2.24, 2.45) is 5.16 Å². The summed E-state index contributed by atoms with van der Waals surface area (Å²) in [6.45, 7) is 0. The second-order valence-electron chi connectivity index (χ2n) is 7.51. The molecule has 6 nitrogen and oxygen atoms in total. The molecule has 37 heavy (non-hydrogen) atoms. The standard InChI is InChI=1S/C22H10Cl3F6N3O3/c23-13-2-1-11(6-12(13)20(35)33-19-16(27)5-10(26)8-32-19)36-17-7-21(37-34-17,22(29,30)31)9-3-14(24)18(28)15(25)4-9/h1-6,8H,7H2,(H,32,33,35). The van der Waals surface area contributed by atoms with E-state index in [0.29, 0.717) is 24.4 Å². The molecule has 1 N–H and O–H groups in total. The highest BCUT2D eigenvalue weighted by Gasteiger charge is 2.63. The molecule has 0 saturated carbocycles. The summed E-state index contributed by atoms with van der Waals surface area (Å²) in [4.78, 5) is 20.7. The zero-order chi connectivity index (χ0) is 27.1. The fourth-order valence-electron chi connectivity index (χ4n) is 3.28. The predicted octanol–water partition coefficient (Wildman–Crippen LogP) is 7.28. The molecule has 0 fully saturated rings. The first-order valence-electron chi connectivity index (χ1n) is 9.87. The Morgan fingerprint density at radius 1 is 1.03 bits per heavy atom. The normalized spacial score (nSPS) is 17.3. The topological polar surface area (TPSA) is 72.8 Å². The van der Waals surface area contributed by atoms with Gasteiger partial charge in [0.25, 0.3) is 11.5 Å². The minimum atomic E-state index is -5.07. The molecule has 0 spiro atoms. The van der Waals surface area contributed by atoms with E-state index in [4.69, 9.17) is 44.4 Å². The number of benzene rings is 2. The van der Waals surface area contributed by atoms with E-state index in [1.807, 2.05) is 0 Å². The number of anilines is 1. The summed E-state index contributed by atoms with van der Waals surface area (Å²) < 4.78 is 88.3. The molecule has 1 amide bonds. The van der Waals surface area contributed by atoms with Gasteiger partial charge in [-0.2, -0.15) is 13.2 Å². The second kappa shape index (κ2) is 9.92. The summed E-state index contributed by atoms with van der Waals surface area (Å²) in [5.74, 6) is -5.54. The molecule has 15 heteroatoms. The van der Waals surface area contributed by atoms with Crippen molar-refractivity contribution in [3.8, 4) is 5.75 Å². The minimum absolute atomic E-state index is 0.128. The molecule has 4 rings (SSSR count). The number of oxime groups is 1. The van der Waals surface area contributed by atoms with Crippen LogP contribution in [0.5, 0.6) is 5.75 Å². The summed E-state index contributed by atoms with van der Waals surface area (Å²) in [5.41, 5.74) is -3.99. The number of carbonyl (C=O) groups excluding carboxylic acids is 1. The Morgan fingerprint density at radius 2 is 1.70 bits per heavy atom. The summed E-state index contributed by atoms with van der Waals surface area (Å²) in [7, 11) is 0. The van der Waals surface area contributed by atoms with Gasteiger partial charge >= 0.3 is 6.18 Å². The number of nitrogens with zero attached hydrogens (tertiary/aromatic N) is 2. The van der Waals surface area contributed by atoms with Crippen LogP contribution in [0.1, 0.15) is 22.3 Å². The van der Waals surface area contributed by atoms with Gasteiger partial charge in [0.1, 0.15) is 11.6 Å². The number of hydrogen-bond donors (Lipinski definition) is 1. The first-order chi connectivity index (χ1) is 17.3. The van der Waals surface area contributed by atoms with Gasteiger partial charge < -0.3 is 14.9 Å². The van der Waals surface area contributed by atoms with E-state index in [1.54, 1.807) is 0 Å². The van der Waals surface area contributed by atoms with Crippen molar-refractivity contribution in [2.45, 2.75) is 18.2 Å². The molecule has 2 aromatic carbocycles. The third kappa shape index (κ3) is 5.27. The van der Waals surface area contributed by atoms with Crippen LogP contribution < -0.4 is 10.1 Å². The van der Waals surface area contributed by atoms with Crippen LogP contribution in [0.4, 0.5) is 32.2 Å². The maximum atomic E-state index is 14.1. The monoisotopic (exact) mass is 583 g/mol. The van der Waals surface area contributed by atoms with Crippen LogP contribution in [-0.4, -0.2) is 23.0 Å². The van der Waals surface area contributed by atoms with Crippen molar-refractivity contribution in [2.75, 3.05) is 5.32 Å². The van der Waals surface area contributed by atoms with Gasteiger partial charge in [-0.3, -0.25) is 4.79 Å². The van der Waals surface area contributed by atoms with Gasteiger partial charge in [0.05, 0.1) is 33.2 Å². The highest BCUT2D eigenvalue weighted by atomic mass is 35.5. The lowest BCUT2D eigenvalue weighted by Gasteiger charge is -2.29. The summed E-state index contributed by atoms with van der Waals surface area (Å²) in [6, 6.07) is 5.37. The van der Waals surface area contributed by atoms with E-state index >= 15 is 0 Å². The first kappa shape index (κ1) is 26.8. The second-order valence-corrected chi connectivity index (χ2v) is 8.74. The number of nitrogens with one attached hydrogen (secondary N) is 1. The molecule has 3 aromatic rings. The average Bonchev–Trinajstić information content (AvgIpc) is 3.25. The largest absolute Gasteiger partial charge is 0.440 e. The van der Waals surface area contributed by atoms with Crippen molar-refractivity contribution >= 4 is 52.4 Å². The first-order valence-corrected chi connectivity index (χ1v) is 11.0. The number of pyridine rings is 1. The SMILES string of the molecule is O=C(Nc1ncc(F)cc1F)c1cc(OC2=NOC(c3cc(Cl)c(F)c(Cl)c3)(C(F)(F)F)C2)ccc1Cl. The number of halogens is 9. The quantitative estimate of drug-likeness (QED) is 0.258. The van der Waals surface area contributed by atoms with E-state index in [1.165, 1.54) is 12.1 Å². The Labute approximate surface area is 218 Å². The van der Waals surface area contributed by atoms with E-state index in [0.717, 1.165) is 6.07 Å². The van der Waals surface area contributed by atoms with Crippen LogP contribution in [0.3, 0.4) is 0 Å². The Bertz CT molecular complexity index is 1410. The van der Waals surface area contributed by atoms with Crippen LogP contribution in [0, 0.1) is 17.5 Å². The smallest absolute Gasteiger partial charge is 0.435 e. The molecule has 1 aliphatic rings. The number of amides is 1. The summed E-state index contributed by atoms with van der Waals surface area (Å²) in [5, 5.41) is 4.00. The Balaban J connectivity index is 1.58. The molecule has 1 aromatic heterocycles. The van der Waals surface area contributed by atoms with E-state index in [9.17, 15) is 31.1 Å². The Kier molecular flexibility index (Phi) is 7.19. The van der Waals surface area contributed by atoms with Crippen LogP contribution in [0.15, 0.2) is 47.8 Å². The minimum Gasteiger partial charge on any atom is -0.440 e. The molecule has 0 radical (unpaired) electrons. The number of hydrogen-bond acceptors (Lipinski definition) is 5. The molecule has 0 saturated heterocycles. The highest BCUT2D eigenvalue weighted by Crippen LogP contribution is 2.49. The average molecular weight is 585 g/mol. The number of carbonyl (C=O) groups is 1. The van der Waals surface area contributed by atoms with Crippen molar-refractivity contribution in [3.63, 3.8) is 0 Å². The van der Waals surface area contributed by atoms with Crippen molar-refractivity contribution in [1.29, 1.82) is 0 Å². The lowest BCUT2D eigenvalue weighted by atomic mass is 9.90. The molecule has 2 heterocycles. The molecule has 1 unspecified atom stereocenters. The number of ether oxygens (including phenoxy) is 1. The van der Waals surface area contributed by atoms with Gasteiger partial charge in [0.15, 0.2) is 17.5 Å². The zero-order valence-corrected chi connectivity index (χ0v) is 20.0. The molecule has 1 aliphatic heterocycles. The lowest BCUT2D eigenvalue weighted by molar-refractivity contribution is -0.275. The maximum Gasteiger partial charge on any atom is 0.435 e. The molecular formula is C22H10Cl3F6N3O3. The predicted molar refractivity (Wildman–Crippen MR) is 121 cm³/mol. The Morgan fingerprint density at radius 3 is 2.32 bits per heavy atom. The van der Waals surface area contributed by atoms with Crippen molar-refractivity contribution in [1.82, 2.24) is 4.98 Å². The third-order valence-corrected chi connectivity index (χ3v) is 5.95.